The average Bonchev–Trinajstić information content (AvgIpc) is 2.63. The third kappa shape index (κ3) is 4.80. The first-order chi connectivity index (χ1) is 11.7. The second kappa shape index (κ2) is 8.89. The number of hydrogen-bond donors (Lipinski definition) is 1. The van der Waals surface area contributed by atoms with Crippen molar-refractivity contribution in [1.29, 1.82) is 0 Å². The van der Waals surface area contributed by atoms with E-state index in [1.54, 1.807) is 12.1 Å². The molecule has 0 fully saturated rings. The van der Waals surface area contributed by atoms with Gasteiger partial charge in [-0.15, -0.1) is 6.42 Å². The predicted octanol–water partition coefficient (Wildman–Crippen LogP) is 3.29. The van der Waals surface area contributed by atoms with Gasteiger partial charge in [0.1, 0.15) is 5.75 Å². The molecule has 120 valence electrons. The maximum atomic E-state index is 12.2. The summed E-state index contributed by atoms with van der Waals surface area (Å²) >= 11 is 0. The van der Waals surface area contributed by atoms with Gasteiger partial charge in [-0.2, -0.15) is 0 Å². The molecule has 0 atom stereocenters. The van der Waals surface area contributed by atoms with Crippen molar-refractivity contribution < 1.29 is 9.53 Å². The zero-order valence-electron chi connectivity index (χ0n) is 13.0. The summed E-state index contributed by atoms with van der Waals surface area (Å²) < 4.78 is 5.66. The molecule has 6 nitrogen and oxygen atoms in total. The largest absolute Gasteiger partial charge is 0.493 e. The molecule has 0 saturated carbocycles. The van der Waals surface area contributed by atoms with E-state index in [9.17, 15) is 4.79 Å². The molecule has 24 heavy (non-hydrogen) atoms. The molecule has 1 N–H and O–H groups in total. The Bertz CT molecular complexity index is 790. The number of azide groups is 1. The zero-order valence-corrected chi connectivity index (χ0v) is 13.0. The van der Waals surface area contributed by atoms with Crippen LogP contribution in [0, 0.1) is 12.3 Å². The van der Waals surface area contributed by atoms with Gasteiger partial charge in [0.15, 0.2) is 0 Å². The summed E-state index contributed by atoms with van der Waals surface area (Å²) in [6, 6.07) is 14.7. The van der Waals surface area contributed by atoms with Crippen molar-refractivity contribution in [3.8, 4) is 18.1 Å². The molecule has 0 aliphatic carbocycles. The van der Waals surface area contributed by atoms with Crippen LogP contribution in [-0.2, 0) is 6.42 Å². The van der Waals surface area contributed by atoms with Crippen molar-refractivity contribution >= 4 is 5.91 Å². The Morgan fingerprint density at radius 3 is 2.79 bits per heavy atom. The number of ether oxygens (including phenoxy) is 1. The maximum absolute atomic E-state index is 12.2. The molecular formula is C18H16N4O2. The van der Waals surface area contributed by atoms with E-state index >= 15 is 0 Å². The highest BCUT2D eigenvalue weighted by atomic mass is 16.5. The summed E-state index contributed by atoms with van der Waals surface area (Å²) in [5.41, 5.74) is 10.1. The number of nitrogens with one attached hydrogen (secondary N) is 1. The molecule has 2 aromatic rings. The van der Waals surface area contributed by atoms with E-state index in [4.69, 9.17) is 16.7 Å². The van der Waals surface area contributed by atoms with Gasteiger partial charge in [0, 0.05) is 22.5 Å². The van der Waals surface area contributed by atoms with E-state index in [1.807, 2.05) is 36.4 Å². The first-order valence-corrected chi connectivity index (χ1v) is 7.31. The molecule has 0 heterocycles. The lowest BCUT2D eigenvalue weighted by atomic mass is 10.0. The molecule has 0 spiro atoms. The Morgan fingerprint density at radius 2 is 2.08 bits per heavy atom. The number of nitrogens with zero attached hydrogens (tertiary/aromatic N) is 3. The Labute approximate surface area is 140 Å². The standard InChI is InChI=1S/C18H16N4O2/c1-2-14-8-9-15(10-11-24-16-6-4-3-5-7-16)17(12-14)18(23)20-13-21-22-19/h1,3-9,12H,10-11,13H2,(H,20,23). The summed E-state index contributed by atoms with van der Waals surface area (Å²) in [4.78, 5) is 14.8. The van der Waals surface area contributed by atoms with Crippen LogP contribution in [0.2, 0.25) is 0 Å². The Kier molecular flexibility index (Phi) is 6.27. The van der Waals surface area contributed by atoms with Gasteiger partial charge in [-0.3, -0.25) is 4.79 Å². The number of benzene rings is 2. The minimum absolute atomic E-state index is 0.116. The number of rotatable bonds is 7. The normalized spacial score (nSPS) is 9.46. The van der Waals surface area contributed by atoms with Crippen molar-refractivity contribution in [1.82, 2.24) is 5.32 Å². The van der Waals surface area contributed by atoms with Gasteiger partial charge in [-0.05, 0) is 35.4 Å². The lowest BCUT2D eigenvalue weighted by Gasteiger charge is -2.11. The fourth-order valence-corrected chi connectivity index (χ4v) is 2.13. The SMILES string of the molecule is C#Cc1ccc(CCOc2ccccc2)c(C(=O)NCN=[N+]=[N-])c1. The Morgan fingerprint density at radius 1 is 1.29 bits per heavy atom. The monoisotopic (exact) mass is 320 g/mol. The molecule has 1 amide bonds. The van der Waals surface area contributed by atoms with Crippen molar-refractivity contribution in [3.63, 3.8) is 0 Å². The topological polar surface area (TPSA) is 87.1 Å². The number of carbonyl (C=O) groups is 1. The van der Waals surface area contributed by atoms with Gasteiger partial charge < -0.3 is 10.1 Å². The number of carbonyl (C=O) groups excluding carboxylic acids is 1. The maximum Gasteiger partial charge on any atom is 0.251 e. The van der Waals surface area contributed by atoms with E-state index in [0.29, 0.717) is 24.2 Å². The van der Waals surface area contributed by atoms with Crippen LogP contribution in [0.1, 0.15) is 21.5 Å². The highest BCUT2D eigenvalue weighted by Crippen LogP contribution is 2.14. The van der Waals surface area contributed by atoms with Crippen molar-refractivity contribution in [3.05, 3.63) is 75.7 Å². The molecule has 0 radical (unpaired) electrons. The molecule has 0 bridgehead atoms. The average molecular weight is 320 g/mol. The first-order valence-electron chi connectivity index (χ1n) is 7.31. The van der Waals surface area contributed by atoms with E-state index in [-0.39, 0.29) is 12.6 Å². The van der Waals surface area contributed by atoms with E-state index < -0.39 is 0 Å². The van der Waals surface area contributed by atoms with Crippen LogP contribution < -0.4 is 10.1 Å². The molecule has 6 heteroatoms. The number of terminal acetylenes is 1. The van der Waals surface area contributed by atoms with Crippen LogP contribution >= 0.6 is 0 Å². The molecule has 2 aromatic carbocycles. The van der Waals surface area contributed by atoms with E-state index in [2.05, 4.69) is 21.3 Å². The summed E-state index contributed by atoms with van der Waals surface area (Å²) in [5, 5.41) is 5.83. The number of para-hydroxylation sites is 1. The summed E-state index contributed by atoms with van der Waals surface area (Å²) in [6.45, 7) is 0.311. The Balaban J connectivity index is 2.08. The quantitative estimate of drug-likeness (QED) is 0.367. The van der Waals surface area contributed by atoms with Crippen molar-refractivity contribution in [2.24, 2.45) is 5.11 Å². The van der Waals surface area contributed by atoms with E-state index in [0.717, 1.165) is 11.3 Å². The first kappa shape index (κ1) is 16.9. The van der Waals surface area contributed by atoms with Crippen molar-refractivity contribution in [2.45, 2.75) is 6.42 Å². The highest BCUT2D eigenvalue weighted by Gasteiger charge is 2.12. The molecule has 0 unspecified atom stereocenters. The molecule has 0 aliphatic rings. The highest BCUT2D eigenvalue weighted by molar-refractivity contribution is 5.96. The van der Waals surface area contributed by atoms with Crippen LogP contribution in [0.4, 0.5) is 0 Å². The summed E-state index contributed by atoms with van der Waals surface area (Å²) in [6.07, 6.45) is 5.94. The van der Waals surface area contributed by atoms with Crippen LogP contribution in [0.15, 0.2) is 53.6 Å². The van der Waals surface area contributed by atoms with Crippen LogP contribution in [0.5, 0.6) is 5.75 Å². The third-order valence-corrected chi connectivity index (χ3v) is 3.28. The second-order valence-corrected chi connectivity index (χ2v) is 4.82. The van der Waals surface area contributed by atoms with Crippen LogP contribution in [0.25, 0.3) is 10.4 Å². The Hall–Kier alpha value is -3.42. The smallest absolute Gasteiger partial charge is 0.251 e. The molecule has 0 aromatic heterocycles. The van der Waals surface area contributed by atoms with Crippen molar-refractivity contribution in [2.75, 3.05) is 13.3 Å². The fraction of sp³-hybridized carbons (Fsp3) is 0.167. The van der Waals surface area contributed by atoms with Gasteiger partial charge in [0.25, 0.3) is 5.91 Å². The van der Waals surface area contributed by atoms with Crippen LogP contribution in [-0.4, -0.2) is 19.2 Å². The molecule has 2 rings (SSSR count). The van der Waals surface area contributed by atoms with Gasteiger partial charge in [0.2, 0.25) is 0 Å². The molecule has 0 aliphatic heterocycles. The van der Waals surface area contributed by atoms with Gasteiger partial charge >= 0.3 is 0 Å². The molecular weight excluding hydrogens is 304 g/mol. The zero-order chi connectivity index (χ0) is 17.2. The summed E-state index contributed by atoms with van der Waals surface area (Å²) in [5.74, 6) is 2.94. The van der Waals surface area contributed by atoms with Gasteiger partial charge in [-0.1, -0.05) is 35.3 Å². The number of amides is 1. The van der Waals surface area contributed by atoms with E-state index in [1.165, 1.54) is 0 Å². The minimum atomic E-state index is -0.339. The lowest BCUT2D eigenvalue weighted by molar-refractivity contribution is 0.0953. The third-order valence-electron chi connectivity index (χ3n) is 3.28. The van der Waals surface area contributed by atoms with Crippen LogP contribution in [0.3, 0.4) is 0 Å². The fourth-order valence-electron chi connectivity index (χ4n) is 2.13. The van der Waals surface area contributed by atoms with Gasteiger partial charge in [-0.25, -0.2) is 0 Å². The van der Waals surface area contributed by atoms with Gasteiger partial charge in [0.05, 0.1) is 13.3 Å². The predicted molar refractivity (Wildman–Crippen MR) is 91.5 cm³/mol. The lowest BCUT2D eigenvalue weighted by Crippen LogP contribution is -2.24. The number of hydrogen-bond acceptors (Lipinski definition) is 3. The summed E-state index contributed by atoms with van der Waals surface area (Å²) in [7, 11) is 0. The molecule has 0 saturated heterocycles. The second-order valence-electron chi connectivity index (χ2n) is 4.82. The minimum Gasteiger partial charge on any atom is -0.493 e.